The molecule has 4 rings (SSSR count). The molecule has 2 heterocycles. The first-order valence-corrected chi connectivity index (χ1v) is 9.47. The molecule has 2 aromatic carbocycles. The first kappa shape index (κ1) is 18.7. The van der Waals surface area contributed by atoms with E-state index < -0.39 is 0 Å². The fraction of sp³-hybridized carbons (Fsp3) is 0.227. The van der Waals surface area contributed by atoms with E-state index in [1.807, 2.05) is 50.2 Å². The second-order valence-electron chi connectivity index (χ2n) is 7.01. The second kappa shape index (κ2) is 7.79. The lowest BCUT2D eigenvalue weighted by Crippen LogP contribution is -2.38. The van der Waals surface area contributed by atoms with Crippen molar-refractivity contribution in [2.75, 3.05) is 23.4 Å². The molecule has 1 aliphatic rings. The third-order valence-corrected chi connectivity index (χ3v) is 4.71. The third kappa shape index (κ3) is 3.99. The molecular formula is C22H22N4O3. The Kier molecular flexibility index (Phi) is 5.03. The van der Waals surface area contributed by atoms with Crippen LogP contribution >= 0.6 is 0 Å². The lowest BCUT2D eigenvalue weighted by atomic mass is 10.2. The minimum absolute atomic E-state index is 0.0999. The fourth-order valence-corrected chi connectivity index (χ4v) is 3.29. The maximum atomic E-state index is 12.8. The van der Waals surface area contributed by atoms with Crippen LogP contribution in [0.15, 0.2) is 54.6 Å². The van der Waals surface area contributed by atoms with Crippen molar-refractivity contribution in [3.63, 3.8) is 0 Å². The van der Waals surface area contributed by atoms with E-state index in [0.717, 1.165) is 16.9 Å². The average molecular weight is 390 g/mol. The van der Waals surface area contributed by atoms with E-state index in [1.165, 1.54) is 4.90 Å². The van der Waals surface area contributed by atoms with Crippen molar-refractivity contribution in [2.45, 2.75) is 20.3 Å². The molecule has 0 saturated carbocycles. The Morgan fingerprint density at radius 1 is 1.14 bits per heavy atom. The van der Waals surface area contributed by atoms with Gasteiger partial charge in [0.1, 0.15) is 18.1 Å². The summed E-state index contributed by atoms with van der Waals surface area (Å²) < 4.78 is 7.32. The van der Waals surface area contributed by atoms with Gasteiger partial charge in [0.05, 0.1) is 30.1 Å². The van der Waals surface area contributed by atoms with Crippen molar-refractivity contribution in [3.05, 3.63) is 65.9 Å². The van der Waals surface area contributed by atoms with Gasteiger partial charge in [0.15, 0.2) is 0 Å². The number of carbonyl (C=O) groups excluding carboxylic acids is 2. The molecular weight excluding hydrogens is 368 g/mol. The van der Waals surface area contributed by atoms with E-state index in [0.29, 0.717) is 23.9 Å². The molecule has 7 nitrogen and oxygen atoms in total. The number of anilines is 2. The minimum atomic E-state index is -0.302. The predicted octanol–water partition coefficient (Wildman–Crippen LogP) is 3.24. The summed E-state index contributed by atoms with van der Waals surface area (Å²) in [4.78, 5) is 26.8. The number of nitrogens with one attached hydrogen (secondary N) is 1. The number of aromatic nitrogens is 2. The maximum Gasteiger partial charge on any atom is 0.245 e. The van der Waals surface area contributed by atoms with E-state index in [4.69, 9.17) is 4.74 Å². The number of benzene rings is 2. The molecule has 0 atom stereocenters. The minimum Gasteiger partial charge on any atom is -0.491 e. The topological polar surface area (TPSA) is 76.5 Å². The number of para-hydroxylation sites is 2. The van der Waals surface area contributed by atoms with Gasteiger partial charge < -0.3 is 10.1 Å². The Hall–Kier alpha value is -3.61. The summed E-state index contributed by atoms with van der Waals surface area (Å²) in [6.07, 6.45) is 0.225. The number of hydrogen-bond donors (Lipinski definition) is 1. The highest BCUT2D eigenvalue weighted by atomic mass is 16.5. The highest BCUT2D eigenvalue weighted by molar-refractivity contribution is 6.03. The quantitative estimate of drug-likeness (QED) is 0.742. The lowest BCUT2D eigenvalue weighted by molar-refractivity contribution is -0.121. The van der Waals surface area contributed by atoms with Gasteiger partial charge in [-0.3, -0.25) is 14.5 Å². The van der Waals surface area contributed by atoms with Crippen LogP contribution in [0, 0.1) is 13.8 Å². The molecule has 1 aliphatic heterocycles. The van der Waals surface area contributed by atoms with Crippen LogP contribution in [0.3, 0.4) is 0 Å². The molecule has 29 heavy (non-hydrogen) atoms. The number of amides is 2. The van der Waals surface area contributed by atoms with Crippen molar-refractivity contribution in [1.82, 2.24) is 9.78 Å². The summed E-state index contributed by atoms with van der Waals surface area (Å²) in [6, 6.07) is 16.9. The summed E-state index contributed by atoms with van der Waals surface area (Å²) in [5.74, 6) is 0.714. The summed E-state index contributed by atoms with van der Waals surface area (Å²) in [7, 11) is 0. The van der Waals surface area contributed by atoms with Crippen molar-refractivity contribution in [2.24, 2.45) is 0 Å². The lowest BCUT2D eigenvalue weighted by Gasteiger charge is -2.21. The zero-order valence-corrected chi connectivity index (χ0v) is 16.4. The molecule has 2 amide bonds. The van der Waals surface area contributed by atoms with E-state index in [2.05, 4.69) is 10.4 Å². The number of aryl methyl sites for hydroxylation is 2. The number of hydrogen-bond acceptors (Lipinski definition) is 4. The van der Waals surface area contributed by atoms with Crippen LogP contribution in [-0.4, -0.2) is 34.7 Å². The fourth-order valence-electron chi connectivity index (χ4n) is 3.29. The number of carbonyl (C=O) groups is 2. The van der Waals surface area contributed by atoms with E-state index in [1.54, 1.807) is 22.9 Å². The van der Waals surface area contributed by atoms with Gasteiger partial charge in [0, 0.05) is 6.07 Å². The summed E-state index contributed by atoms with van der Waals surface area (Å²) in [5.41, 5.74) is 3.38. The summed E-state index contributed by atoms with van der Waals surface area (Å²) in [6.45, 7) is 4.08. The Labute approximate surface area is 168 Å². The van der Waals surface area contributed by atoms with Gasteiger partial charge in [0.25, 0.3) is 0 Å². The summed E-state index contributed by atoms with van der Waals surface area (Å²) in [5, 5.41) is 7.37. The number of ether oxygens (including phenoxy) is 1. The zero-order chi connectivity index (χ0) is 20.4. The van der Waals surface area contributed by atoms with Gasteiger partial charge in [-0.25, -0.2) is 4.68 Å². The molecule has 3 aromatic rings. The molecule has 0 bridgehead atoms. The van der Waals surface area contributed by atoms with Crippen molar-refractivity contribution in [1.29, 1.82) is 0 Å². The average Bonchev–Trinajstić information content (AvgIpc) is 2.99. The molecule has 0 spiro atoms. The normalized spacial score (nSPS) is 13.4. The largest absolute Gasteiger partial charge is 0.491 e. The first-order valence-electron chi connectivity index (χ1n) is 9.47. The molecule has 0 fully saturated rings. The second-order valence-corrected chi connectivity index (χ2v) is 7.01. The predicted molar refractivity (Wildman–Crippen MR) is 111 cm³/mol. The number of rotatable bonds is 4. The van der Waals surface area contributed by atoms with Gasteiger partial charge in [-0.1, -0.05) is 29.8 Å². The van der Waals surface area contributed by atoms with Crippen LogP contribution in [0.2, 0.25) is 0 Å². The molecule has 148 valence electrons. The van der Waals surface area contributed by atoms with Gasteiger partial charge in [-0.2, -0.15) is 5.10 Å². The van der Waals surface area contributed by atoms with E-state index in [9.17, 15) is 9.59 Å². The molecule has 0 radical (unpaired) electrons. The van der Waals surface area contributed by atoms with E-state index >= 15 is 0 Å². The first-order chi connectivity index (χ1) is 14.0. The standard InChI is InChI=1S/C22H22N4O3/c1-15-7-9-17(10-8-15)26-20(13-16(2)24-26)23-21(27)14-25-18-5-3-4-6-19(18)29-12-11-22(25)28/h3-10,13H,11-12,14H2,1-2H3,(H,23,27). The third-order valence-electron chi connectivity index (χ3n) is 4.71. The maximum absolute atomic E-state index is 12.8. The van der Waals surface area contributed by atoms with Crippen LogP contribution in [0.4, 0.5) is 11.5 Å². The summed E-state index contributed by atoms with van der Waals surface area (Å²) >= 11 is 0. The Bertz CT molecular complexity index is 1060. The SMILES string of the molecule is Cc1ccc(-n2nc(C)cc2NC(=O)CN2C(=O)CCOc3ccccc32)cc1. The van der Waals surface area contributed by atoms with Crippen LogP contribution in [-0.2, 0) is 9.59 Å². The highest BCUT2D eigenvalue weighted by Gasteiger charge is 2.25. The van der Waals surface area contributed by atoms with Gasteiger partial charge >= 0.3 is 0 Å². The monoisotopic (exact) mass is 390 g/mol. The van der Waals surface area contributed by atoms with Gasteiger partial charge in [0.2, 0.25) is 11.8 Å². The Morgan fingerprint density at radius 2 is 1.90 bits per heavy atom. The Morgan fingerprint density at radius 3 is 2.69 bits per heavy atom. The van der Waals surface area contributed by atoms with Crippen LogP contribution in [0.1, 0.15) is 17.7 Å². The van der Waals surface area contributed by atoms with Crippen molar-refractivity contribution >= 4 is 23.3 Å². The molecule has 1 aromatic heterocycles. The molecule has 0 unspecified atom stereocenters. The highest BCUT2D eigenvalue weighted by Crippen LogP contribution is 2.30. The number of nitrogens with zero attached hydrogens (tertiary/aromatic N) is 3. The molecule has 7 heteroatoms. The van der Waals surface area contributed by atoms with Gasteiger partial charge in [-0.15, -0.1) is 0 Å². The van der Waals surface area contributed by atoms with Crippen LogP contribution < -0.4 is 15.0 Å². The zero-order valence-electron chi connectivity index (χ0n) is 16.4. The van der Waals surface area contributed by atoms with Gasteiger partial charge in [-0.05, 0) is 38.1 Å². The molecule has 0 saturated heterocycles. The van der Waals surface area contributed by atoms with Crippen LogP contribution in [0.25, 0.3) is 5.69 Å². The molecule has 1 N–H and O–H groups in total. The van der Waals surface area contributed by atoms with Crippen molar-refractivity contribution in [3.8, 4) is 11.4 Å². The molecule has 0 aliphatic carbocycles. The van der Waals surface area contributed by atoms with Crippen LogP contribution in [0.5, 0.6) is 5.75 Å². The number of fused-ring (bicyclic) bond motifs is 1. The Balaban J connectivity index is 1.56. The van der Waals surface area contributed by atoms with Crippen molar-refractivity contribution < 1.29 is 14.3 Å². The van der Waals surface area contributed by atoms with E-state index in [-0.39, 0.29) is 24.8 Å². The smallest absolute Gasteiger partial charge is 0.245 e.